The van der Waals surface area contributed by atoms with Gasteiger partial charge in [0.25, 0.3) is 0 Å². The van der Waals surface area contributed by atoms with Crippen molar-refractivity contribution < 1.29 is 0 Å². The zero-order chi connectivity index (χ0) is 31.9. The van der Waals surface area contributed by atoms with Gasteiger partial charge in [0.05, 0.1) is 11.0 Å². The van der Waals surface area contributed by atoms with Crippen molar-refractivity contribution >= 4 is 49.6 Å². The van der Waals surface area contributed by atoms with Gasteiger partial charge in [-0.1, -0.05) is 127 Å². The normalized spacial score (nSPS) is 11.3. The fourth-order valence-corrected chi connectivity index (χ4v) is 7.14. The molecule has 226 valence electrons. The fourth-order valence-electron chi connectivity index (χ4n) is 7.14. The molecule has 0 spiro atoms. The van der Waals surface area contributed by atoms with E-state index < -0.39 is 0 Å². The lowest BCUT2D eigenvalue weighted by atomic mass is 9.97. The smallest absolute Gasteiger partial charge is 0.0547 e. The van der Waals surface area contributed by atoms with E-state index in [2.05, 4.69) is 204 Å². The molecule has 0 atom stereocenters. The third kappa shape index (κ3) is 4.83. The van der Waals surface area contributed by atoms with Crippen molar-refractivity contribution in [3.63, 3.8) is 0 Å². The minimum Gasteiger partial charge on any atom is -0.310 e. The van der Waals surface area contributed by atoms with Gasteiger partial charge in [0, 0.05) is 33.5 Å². The minimum atomic E-state index is 1.11. The summed E-state index contributed by atoms with van der Waals surface area (Å²) >= 11 is 0. The molecule has 0 aliphatic rings. The Morgan fingerprint density at radius 3 is 1.62 bits per heavy atom. The fraction of sp³-hybridized carbons (Fsp3) is 0. The van der Waals surface area contributed by atoms with E-state index in [0.717, 1.165) is 22.7 Å². The number of fused-ring (bicyclic) bond motifs is 4. The summed E-state index contributed by atoms with van der Waals surface area (Å²) in [6.07, 6.45) is 0. The third-order valence-corrected chi connectivity index (χ3v) is 9.31. The zero-order valence-corrected chi connectivity index (χ0v) is 26.4. The highest BCUT2D eigenvalue weighted by atomic mass is 15.1. The average Bonchev–Trinajstić information content (AvgIpc) is 3.48. The van der Waals surface area contributed by atoms with E-state index in [0.29, 0.717) is 0 Å². The predicted molar refractivity (Wildman–Crippen MR) is 204 cm³/mol. The highest BCUT2D eigenvalue weighted by molar-refractivity contribution is 6.18. The van der Waals surface area contributed by atoms with Gasteiger partial charge in [0.15, 0.2) is 0 Å². The molecule has 48 heavy (non-hydrogen) atoms. The first-order chi connectivity index (χ1) is 23.8. The molecule has 0 N–H and O–H groups in total. The average molecular weight is 613 g/mol. The minimum absolute atomic E-state index is 1.11. The molecule has 0 unspecified atom stereocenters. The standard InChI is InChI=1S/C46H32N2/c1-4-15-33(16-5-1)34-19-12-25-40(29-34)47(38-21-6-2-7-22-38)41-26-13-20-37(30-41)42-27-14-28-44-46(42)43-31-35-17-10-11-18-36(35)32-45(43)48(44)39-23-8-3-9-24-39/h1-32H. The van der Waals surface area contributed by atoms with Crippen LogP contribution in [0.4, 0.5) is 17.1 Å². The summed E-state index contributed by atoms with van der Waals surface area (Å²) in [4.78, 5) is 2.36. The van der Waals surface area contributed by atoms with Gasteiger partial charge < -0.3 is 9.47 Å². The summed E-state index contributed by atoms with van der Waals surface area (Å²) in [5.41, 5.74) is 11.7. The van der Waals surface area contributed by atoms with E-state index in [1.807, 2.05) is 0 Å². The van der Waals surface area contributed by atoms with Crippen molar-refractivity contribution in [1.29, 1.82) is 0 Å². The Hall–Kier alpha value is -6.38. The SMILES string of the molecule is c1ccc(-c2cccc(N(c3ccccc3)c3cccc(-c4cccc5c4c4cc6ccccc6cc4n5-c4ccccc4)c3)c2)cc1. The van der Waals surface area contributed by atoms with Gasteiger partial charge in [0.1, 0.15) is 0 Å². The summed E-state index contributed by atoms with van der Waals surface area (Å²) in [6, 6.07) is 69.9. The van der Waals surface area contributed by atoms with Crippen LogP contribution in [0.2, 0.25) is 0 Å². The first-order valence-corrected chi connectivity index (χ1v) is 16.4. The summed E-state index contributed by atoms with van der Waals surface area (Å²) in [7, 11) is 0. The number of para-hydroxylation sites is 2. The Labute approximate surface area is 280 Å². The predicted octanol–water partition coefficient (Wildman–Crippen LogP) is 12.7. The number of hydrogen-bond acceptors (Lipinski definition) is 1. The monoisotopic (exact) mass is 612 g/mol. The summed E-state index contributed by atoms with van der Waals surface area (Å²) in [6.45, 7) is 0. The van der Waals surface area contributed by atoms with Crippen LogP contribution in [0.3, 0.4) is 0 Å². The van der Waals surface area contributed by atoms with Gasteiger partial charge in [0.2, 0.25) is 0 Å². The van der Waals surface area contributed by atoms with Crippen LogP contribution in [0.15, 0.2) is 194 Å². The highest BCUT2D eigenvalue weighted by Gasteiger charge is 2.19. The van der Waals surface area contributed by atoms with Crippen LogP contribution < -0.4 is 4.90 Å². The highest BCUT2D eigenvalue weighted by Crippen LogP contribution is 2.42. The molecule has 0 amide bonds. The van der Waals surface area contributed by atoms with Crippen LogP contribution in [-0.2, 0) is 0 Å². The van der Waals surface area contributed by atoms with Crippen LogP contribution in [0.5, 0.6) is 0 Å². The molecule has 2 nitrogen and oxygen atoms in total. The van der Waals surface area contributed by atoms with Crippen LogP contribution in [-0.4, -0.2) is 4.57 Å². The number of nitrogens with zero attached hydrogens (tertiary/aromatic N) is 2. The molecule has 0 radical (unpaired) electrons. The van der Waals surface area contributed by atoms with E-state index in [1.54, 1.807) is 0 Å². The lowest BCUT2D eigenvalue weighted by Crippen LogP contribution is -2.10. The summed E-state index contributed by atoms with van der Waals surface area (Å²) < 4.78 is 2.41. The van der Waals surface area contributed by atoms with Gasteiger partial charge in [-0.3, -0.25) is 0 Å². The van der Waals surface area contributed by atoms with Crippen molar-refractivity contribution in [2.75, 3.05) is 4.90 Å². The molecule has 9 rings (SSSR count). The van der Waals surface area contributed by atoms with E-state index in [4.69, 9.17) is 0 Å². The lowest BCUT2D eigenvalue weighted by Gasteiger charge is -2.26. The van der Waals surface area contributed by atoms with E-state index in [9.17, 15) is 0 Å². The first-order valence-electron chi connectivity index (χ1n) is 16.4. The van der Waals surface area contributed by atoms with Gasteiger partial charge in [-0.2, -0.15) is 0 Å². The Morgan fingerprint density at radius 1 is 0.354 bits per heavy atom. The third-order valence-electron chi connectivity index (χ3n) is 9.31. The number of benzene rings is 8. The van der Waals surface area contributed by atoms with Crippen molar-refractivity contribution in [2.24, 2.45) is 0 Å². The van der Waals surface area contributed by atoms with Crippen molar-refractivity contribution in [3.05, 3.63) is 194 Å². The van der Waals surface area contributed by atoms with Crippen molar-refractivity contribution in [1.82, 2.24) is 4.57 Å². The molecule has 0 saturated heterocycles. The molecule has 0 aliphatic heterocycles. The second-order valence-electron chi connectivity index (χ2n) is 12.2. The molecule has 9 aromatic rings. The number of hydrogen-bond donors (Lipinski definition) is 0. The maximum absolute atomic E-state index is 2.41. The summed E-state index contributed by atoms with van der Waals surface area (Å²) in [5.74, 6) is 0. The molecule has 1 heterocycles. The topological polar surface area (TPSA) is 8.17 Å². The Bertz CT molecular complexity index is 2550. The Balaban J connectivity index is 1.26. The molecule has 2 heteroatoms. The number of anilines is 3. The number of rotatable bonds is 6. The Kier molecular flexibility index (Phi) is 6.84. The molecular formula is C46H32N2. The van der Waals surface area contributed by atoms with E-state index in [1.165, 1.54) is 54.8 Å². The van der Waals surface area contributed by atoms with E-state index >= 15 is 0 Å². The van der Waals surface area contributed by atoms with Gasteiger partial charge in [-0.15, -0.1) is 0 Å². The molecule has 0 saturated carbocycles. The molecule has 0 bridgehead atoms. The van der Waals surface area contributed by atoms with Crippen LogP contribution in [0.1, 0.15) is 0 Å². The van der Waals surface area contributed by atoms with Gasteiger partial charge in [-0.05, 0) is 99.8 Å². The van der Waals surface area contributed by atoms with Crippen LogP contribution >= 0.6 is 0 Å². The number of aromatic nitrogens is 1. The van der Waals surface area contributed by atoms with Gasteiger partial charge >= 0.3 is 0 Å². The van der Waals surface area contributed by atoms with Crippen LogP contribution in [0, 0.1) is 0 Å². The maximum atomic E-state index is 2.41. The quantitative estimate of drug-likeness (QED) is 0.181. The Morgan fingerprint density at radius 2 is 0.896 bits per heavy atom. The molecule has 0 fully saturated rings. The molecule has 1 aromatic heterocycles. The molecular weight excluding hydrogens is 581 g/mol. The zero-order valence-electron chi connectivity index (χ0n) is 26.4. The molecule has 0 aliphatic carbocycles. The first kappa shape index (κ1) is 27.9. The van der Waals surface area contributed by atoms with Crippen LogP contribution in [0.25, 0.3) is 60.5 Å². The lowest BCUT2D eigenvalue weighted by molar-refractivity contribution is 1.18. The second-order valence-corrected chi connectivity index (χ2v) is 12.2. The van der Waals surface area contributed by atoms with Crippen molar-refractivity contribution in [3.8, 4) is 27.9 Å². The molecule has 8 aromatic carbocycles. The van der Waals surface area contributed by atoms with Gasteiger partial charge in [-0.25, -0.2) is 0 Å². The second kappa shape index (κ2) is 11.8. The maximum Gasteiger partial charge on any atom is 0.0547 e. The van der Waals surface area contributed by atoms with E-state index in [-0.39, 0.29) is 0 Å². The largest absolute Gasteiger partial charge is 0.310 e. The van der Waals surface area contributed by atoms with Crippen molar-refractivity contribution in [2.45, 2.75) is 0 Å². The summed E-state index contributed by atoms with van der Waals surface area (Å²) in [5, 5.41) is 5.00.